The lowest BCUT2D eigenvalue weighted by atomic mass is 9.80. The fourth-order valence-corrected chi connectivity index (χ4v) is 2.28. The van der Waals surface area contributed by atoms with E-state index >= 15 is 0 Å². The van der Waals surface area contributed by atoms with Crippen LogP contribution in [0, 0.1) is 11.8 Å². The average Bonchev–Trinajstić information content (AvgIpc) is 2.49. The fourth-order valence-electron chi connectivity index (χ4n) is 2.28. The molecule has 2 aliphatic rings. The minimum Gasteiger partial charge on any atom is -0.389 e. The number of hydrogen-bond donors (Lipinski definition) is 1. The van der Waals surface area contributed by atoms with Crippen LogP contribution in [-0.2, 0) is 0 Å². The van der Waals surface area contributed by atoms with Crippen molar-refractivity contribution in [3.63, 3.8) is 0 Å². The molecule has 0 amide bonds. The highest BCUT2D eigenvalue weighted by atomic mass is 16.3. The van der Waals surface area contributed by atoms with Gasteiger partial charge in [-0.1, -0.05) is 18.2 Å². The van der Waals surface area contributed by atoms with Gasteiger partial charge in [-0.3, -0.25) is 0 Å². The van der Waals surface area contributed by atoms with E-state index in [-0.39, 0.29) is 6.10 Å². The molecule has 3 atom stereocenters. The molecule has 0 fully saturated rings. The second-order valence-electron chi connectivity index (χ2n) is 3.98. The molecular formula is C11H16O. The molecule has 0 spiro atoms. The fraction of sp³-hybridized carbons (Fsp3) is 0.636. The first-order valence-corrected chi connectivity index (χ1v) is 4.81. The summed E-state index contributed by atoms with van der Waals surface area (Å²) in [7, 11) is 0. The molecule has 0 aromatic heterocycles. The Morgan fingerprint density at radius 3 is 3.08 bits per heavy atom. The monoisotopic (exact) mass is 164 g/mol. The number of allylic oxidation sites excluding steroid dienone is 3. The molecule has 0 aliphatic heterocycles. The Bertz CT molecular complexity index is 225. The lowest BCUT2D eigenvalue weighted by molar-refractivity contribution is 0.214. The van der Waals surface area contributed by atoms with Crippen molar-refractivity contribution in [1.82, 2.24) is 0 Å². The Labute approximate surface area is 73.8 Å². The summed E-state index contributed by atoms with van der Waals surface area (Å²) in [6.07, 6.45) is 10.1. The van der Waals surface area contributed by atoms with Gasteiger partial charge in [-0.05, 0) is 43.6 Å². The van der Waals surface area contributed by atoms with Crippen molar-refractivity contribution in [1.29, 1.82) is 0 Å². The SMILES string of the molecule is CC(O)C1=CCC2C=CCC2C1. The number of aliphatic hydroxyl groups is 1. The van der Waals surface area contributed by atoms with Crippen molar-refractivity contribution in [2.24, 2.45) is 11.8 Å². The maximum absolute atomic E-state index is 9.41. The van der Waals surface area contributed by atoms with E-state index in [0.29, 0.717) is 0 Å². The Kier molecular flexibility index (Phi) is 2.05. The van der Waals surface area contributed by atoms with Crippen LogP contribution in [0.1, 0.15) is 26.2 Å². The van der Waals surface area contributed by atoms with Crippen molar-refractivity contribution in [2.45, 2.75) is 32.3 Å². The second kappa shape index (κ2) is 3.06. The summed E-state index contributed by atoms with van der Waals surface area (Å²) in [6.45, 7) is 1.87. The summed E-state index contributed by atoms with van der Waals surface area (Å²) in [5.41, 5.74) is 1.25. The van der Waals surface area contributed by atoms with E-state index in [4.69, 9.17) is 0 Å². The zero-order valence-corrected chi connectivity index (χ0v) is 7.53. The molecule has 1 heteroatoms. The molecule has 2 aliphatic carbocycles. The standard InChI is InChI=1S/C11H16O/c1-8(12)10-6-5-9-3-2-4-11(9)7-10/h2-3,6,8-9,11-12H,4-5,7H2,1H3. The predicted octanol–water partition coefficient (Wildman–Crippen LogP) is 2.28. The molecule has 3 unspecified atom stereocenters. The van der Waals surface area contributed by atoms with E-state index in [1.54, 1.807) is 0 Å². The molecule has 0 aromatic rings. The lowest BCUT2D eigenvalue weighted by Crippen LogP contribution is -2.18. The normalized spacial score (nSPS) is 36.0. The van der Waals surface area contributed by atoms with Crippen LogP contribution in [0.3, 0.4) is 0 Å². The van der Waals surface area contributed by atoms with Crippen LogP contribution in [0.2, 0.25) is 0 Å². The number of aliphatic hydroxyl groups excluding tert-OH is 1. The molecule has 0 bridgehead atoms. The molecule has 0 radical (unpaired) electrons. The highest BCUT2D eigenvalue weighted by molar-refractivity contribution is 5.18. The second-order valence-corrected chi connectivity index (χ2v) is 3.98. The van der Waals surface area contributed by atoms with E-state index in [1.165, 1.54) is 12.0 Å². The quantitative estimate of drug-likeness (QED) is 0.589. The van der Waals surface area contributed by atoms with E-state index in [1.807, 2.05) is 6.92 Å². The number of rotatable bonds is 1. The van der Waals surface area contributed by atoms with Crippen molar-refractivity contribution >= 4 is 0 Å². The van der Waals surface area contributed by atoms with Gasteiger partial charge in [0.25, 0.3) is 0 Å². The molecular weight excluding hydrogens is 148 g/mol. The Balaban J connectivity index is 2.06. The van der Waals surface area contributed by atoms with Gasteiger partial charge in [-0.2, -0.15) is 0 Å². The molecule has 0 aromatic carbocycles. The third-order valence-electron chi connectivity index (χ3n) is 3.11. The molecule has 1 N–H and O–H groups in total. The average molecular weight is 164 g/mol. The highest BCUT2D eigenvalue weighted by Gasteiger charge is 2.27. The maximum atomic E-state index is 9.41. The number of hydrogen-bond acceptors (Lipinski definition) is 1. The van der Waals surface area contributed by atoms with Crippen molar-refractivity contribution in [3.8, 4) is 0 Å². The minimum atomic E-state index is -0.230. The largest absolute Gasteiger partial charge is 0.389 e. The Morgan fingerprint density at radius 1 is 1.50 bits per heavy atom. The summed E-state index contributed by atoms with van der Waals surface area (Å²) < 4.78 is 0. The molecule has 0 heterocycles. The molecule has 2 rings (SSSR count). The first kappa shape index (κ1) is 8.06. The summed E-state index contributed by atoms with van der Waals surface area (Å²) in [6, 6.07) is 0. The summed E-state index contributed by atoms with van der Waals surface area (Å²) in [5.74, 6) is 1.56. The molecule has 12 heavy (non-hydrogen) atoms. The van der Waals surface area contributed by atoms with Crippen LogP contribution in [-0.4, -0.2) is 11.2 Å². The lowest BCUT2D eigenvalue weighted by Gasteiger charge is -2.26. The molecule has 0 saturated carbocycles. The van der Waals surface area contributed by atoms with Crippen LogP contribution < -0.4 is 0 Å². The predicted molar refractivity (Wildman–Crippen MR) is 49.7 cm³/mol. The van der Waals surface area contributed by atoms with Crippen LogP contribution in [0.25, 0.3) is 0 Å². The van der Waals surface area contributed by atoms with Crippen LogP contribution in [0.5, 0.6) is 0 Å². The van der Waals surface area contributed by atoms with Crippen LogP contribution >= 0.6 is 0 Å². The first-order valence-electron chi connectivity index (χ1n) is 4.81. The maximum Gasteiger partial charge on any atom is 0.0722 e. The van der Waals surface area contributed by atoms with E-state index in [9.17, 15) is 5.11 Å². The zero-order chi connectivity index (χ0) is 8.55. The Morgan fingerprint density at radius 2 is 2.33 bits per heavy atom. The van der Waals surface area contributed by atoms with Gasteiger partial charge in [-0.15, -0.1) is 0 Å². The molecule has 1 nitrogen and oxygen atoms in total. The van der Waals surface area contributed by atoms with Gasteiger partial charge in [-0.25, -0.2) is 0 Å². The van der Waals surface area contributed by atoms with Gasteiger partial charge in [0.05, 0.1) is 6.10 Å². The Hall–Kier alpha value is -0.560. The van der Waals surface area contributed by atoms with Gasteiger partial charge in [0.1, 0.15) is 0 Å². The molecule has 66 valence electrons. The van der Waals surface area contributed by atoms with Crippen molar-refractivity contribution in [3.05, 3.63) is 23.8 Å². The van der Waals surface area contributed by atoms with Crippen LogP contribution in [0.15, 0.2) is 23.8 Å². The summed E-state index contributed by atoms with van der Waals surface area (Å²) in [5, 5.41) is 9.41. The van der Waals surface area contributed by atoms with Crippen LogP contribution in [0.4, 0.5) is 0 Å². The van der Waals surface area contributed by atoms with Crippen molar-refractivity contribution in [2.75, 3.05) is 0 Å². The van der Waals surface area contributed by atoms with Crippen molar-refractivity contribution < 1.29 is 5.11 Å². The smallest absolute Gasteiger partial charge is 0.0722 e. The summed E-state index contributed by atoms with van der Waals surface area (Å²) >= 11 is 0. The third kappa shape index (κ3) is 1.34. The van der Waals surface area contributed by atoms with E-state index in [0.717, 1.165) is 24.7 Å². The number of fused-ring (bicyclic) bond motifs is 1. The topological polar surface area (TPSA) is 20.2 Å². The van der Waals surface area contributed by atoms with Gasteiger partial charge in [0, 0.05) is 0 Å². The van der Waals surface area contributed by atoms with Gasteiger partial charge < -0.3 is 5.11 Å². The zero-order valence-electron chi connectivity index (χ0n) is 7.53. The van der Waals surface area contributed by atoms with Gasteiger partial charge >= 0.3 is 0 Å². The highest BCUT2D eigenvalue weighted by Crippen LogP contribution is 2.38. The van der Waals surface area contributed by atoms with Gasteiger partial charge in [0.2, 0.25) is 0 Å². The minimum absolute atomic E-state index is 0.230. The molecule has 0 saturated heterocycles. The first-order chi connectivity index (χ1) is 5.77. The third-order valence-corrected chi connectivity index (χ3v) is 3.11. The summed E-state index contributed by atoms with van der Waals surface area (Å²) in [4.78, 5) is 0. The van der Waals surface area contributed by atoms with E-state index in [2.05, 4.69) is 18.2 Å². The van der Waals surface area contributed by atoms with Gasteiger partial charge in [0.15, 0.2) is 0 Å². The van der Waals surface area contributed by atoms with E-state index < -0.39 is 0 Å².